The Balaban J connectivity index is 0.00000288. The number of hydrogen-bond acceptors (Lipinski definition) is 6. The van der Waals surface area contributed by atoms with Gasteiger partial charge < -0.3 is 10.5 Å². The van der Waals surface area contributed by atoms with Crippen molar-refractivity contribution in [1.29, 1.82) is 0 Å². The molecule has 0 atom stereocenters. The van der Waals surface area contributed by atoms with E-state index >= 15 is 0 Å². The Morgan fingerprint density at radius 3 is 2.25 bits per heavy atom. The van der Waals surface area contributed by atoms with E-state index in [9.17, 15) is 16.8 Å². The predicted molar refractivity (Wildman–Crippen MR) is 93.9 cm³/mol. The average Bonchev–Trinajstić information content (AvgIpc) is 2.94. The van der Waals surface area contributed by atoms with Crippen molar-refractivity contribution in [3.8, 4) is 5.75 Å². The van der Waals surface area contributed by atoms with Gasteiger partial charge in [-0.1, -0.05) is 12.8 Å². The van der Waals surface area contributed by atoms with Crippen molar-refractivity contribution in [2.45, 2.75) is 41.0 Å². The minimum atomic E-state index is -3.96. The first-order valence-corrected chi connectivity index (χ1v) is 10.6. The van der Waals surface area contributed by atoms with Crippen LogP contribution in [-0.4, -0.2) is 42.3 Å². The Bertz CT molecular complexity index is 787. The summed E-state index contributed by atoms with van der Waals surface area (Å²) in [7, 11) is -6.15. The van der Waals surface area contributed by atoms with Crippen molar-refractivity contribution >= 4 is 32.3 Å². The van der Waals surface area contributed by atoms with E-state index in [4.69, 9.17) is 10.5 Å². The molecule has 3 N–H and O–H groups in total. The van der Waals surface area contributed by atoms with E-state index in [2.05, 4.69) is 4.72 Å². The van der Waals surface area contributed by atoms with Crippen LogP contribution in [0.1, 0.15) is 25.7 Å². The average molecular weight is 399 g/mol. The summed E-state index contributed by atoms with van der Waals surface area (Å²) < 4.78 is 56.7. The monoisotopic (exact) mass is 398 g/mol. The van der Waals surface area contributed by atoms with E-state index in [0.29, 0.717) is 12.8 Å². The molecule has 0 aliphatic heterocycles. The van der Waals surface area contributed by atoms with E-state index < -0.39 is 25.4 Å². The third kappa shape index (κ3) is 4.40. The van der Waals surface area contributed by atoms with E-state index in [0.717, 1.165) is 25.2 Å². The maximum Gasteiger partial charge on any atom is 0.244 e. The van der Waals surface area contributed by atoms with Crippen LogP contribution >= 0.6 is 12.4 Å². The first-order chi connectivity index (χ1) is 10.6. The normalized spacial score (nSPS) is 17.3. The van der Waals surface area contributed by atoms with E-state index in [1.54, 1.807) is 0 Å². The SMILES string of the molecule is COc1ccc(S(C)(=O)=O)cc1S(=O)(=O)NC1(CN)CCCC1.Cl. The largest absolute Gasteiger partial charge is 0.495 e. The van der Waals surface area contributed by atoms with Crippen LogP contribution in [0.4, 0.5) is 0 Å². The molecule has 0 heterocycles. The smallest absolute Gasteiger partial charge is 0.244 e. The Morgan fingerprint density at radius 1 is 1.21 bits per heavy atom. The zero-order valence-electron chi connectivity index (χ0n) is 13.6. The van der Waals surface area contributed by atoms with Gasteiger partial charge in [-0.25, -0.2) is 21.6 Å². The van der Waals surface area contributed by atoms with Gasteiger partial charge in [0.15, 0.2) is 9.84 Å². The fourth-order valence-corrected chi connectivity index (χ4v) is 5.22. The molecule has 1 aromatic rings. The molecule has 24 heavy (non-hydrogen) atoms. The second-order valence-electron chi connectivity index (χ2n) is 5.88. The second kappa shape index (κ2) is 7.57. The molecule has 0 unspecified atom stereocenters. The van der Waals surface area contributed by atoms with Crippen molar-refractivity contribution in [2.24, 2.45) is 5.73 Å². The molecule has 0 aromatic heterocycles. The summed E-state index contributed by atoms with van der Waals surface area (Å²) in [5.74, 6) is 0.0927. The van der Waals surface area contributed by atoms with Gasteiger partial charge in [-0.05, 0) is 31.0 Å². The number of benzene rings is 1. The summed E-state index contributed by atoms with van der Waals surface area (Å²) in [6, 6.07) is 3.78. The summed E-state index contributed by atoms with van der Waals surface area (Å²) in [6.45, 7) is 0.195. The topological polar surface area (TPSA) is 116 Å². The highest BCUT2D eigenvalue weighted by Crippen LogP contribution is 2.33. The molecule has 0 spiro atoms. The maximum absolute atomic E-state index is 12.8. The van der Waals surface area contributed by atoms with Gasteiger partial charge in [0.25, 0.3) is 0 Å². The Kier molecular flexibility index (Phi) is 6.68. The highest BCUT2D eigenvalue weighted by atomic mass is 35.5. The zero-order valence-corrected chi connectivity index (χ0v) is 16.1. The number of methoxy groups -OCH3 is 1. The number of nitrogens with two attached hydrogens (primary N) is 1. The fraction of sp³-hybridized carbons (Fsp3) is 0.571. The molecule has 1 fully saturated rings. The standard InChI is InChI=1S/C14H22N2O5S2.ClH/c1-21-12-6-5-11(22(2,17)18)9-13(12)23(19,20)16-14(10-15)7-3-4-8-14;/h5-6,9,16H,3-4,7-8,10,15H2,1-2H3;1H. The molecule has 138 valence electrons. The highest BCUT2D eigenvalue weighted by molar-refractivity contribution is 7.91. The molecule has 1 aliphatic carbocycles. The zero-order chi connectivity index (χ0) is 17.3. The lowest BCUT2D eigenvalue weighted by Crippen LogP contribution is -2.51. The highest BCUT2D eigenvalue weighted by Gasteiger charge is 2.37. The first kappa shape index (κ1) is 21.2. The van der Waals surface area contributed by atoms with Gasteiger partial charge in [-0.3, -0.25) is 0 Å². The molecule has 10 heteroatoms. The van der Waals surface area contributed by atoms with Crippen LogP contribution in [0, 0.1) is 0 Å². The second-order valence-corrected chi connectivity index (χ2v) is 9.55. The van der Waals surface area contributed by atoms with Gasteiger partial charge in [0.1, 0.15) is 10.6 Å². The third-order valence-corrected chi connectivity index (χ3v) is 6.87. The van der Waals surface area contributed by atoms with Crippen molar-refractivity contribution in [1.82, 2.24) is 4.72 Å². The lowest BCUT2D eigenvalue weighted by Gasteiger charge is -2.28. The number of halogens is 1. The molecule has 1 aliphatic rings. The molecular formula is C14H23ClN2O5S2. The van der Waals surface area contributed by atoms with Crippen LogP contribution < -0.4 is 15.2 Å². The number of ether oxygens (including phenoxy) is 1. The Morgan fingerprint density at radius 2 is 1.79 bits per heavy atom. The lowest BCUT2D eigenvalue weighted by molar-refractivity contribution is 0.389. The third-order valence-electron chi connectivity index (χ3n) is 4.16. The number of rotatable bonds is 6. The van der Waals surface area contributed by atoms with Gasteiger partial charge in [-0.15, -0.1) is 12.4 Å². The van der Waals surface area contributed by atoms with Gasteiger partial charge in [0.2, 0.25) is 10.0 Å². The molecular weight excluding hydrogens is 376 g/mol. The van der Waals surface area contributed by atoms with Crippen LogP contribution in [0.5, 0.6) is 5.75 Å². The molecule has 7 nitrogen and oxygen atoms in total. The quantitative estimate of drug-likeness (QED) is 0.740. The Hall–Kier alpha value is -0.870. The molecule has 0 radical (unpaired) electrons. The fourth-order valence-electron chi connectivity index (χ4n) is 2.84. The van der Waals surface area contributed by atoms with Crippen molar-refractivity contribution in [3.63, 3.8) is 0 Å². The lowest BCUT2D eigenvalue weighted by atomic mass is 10.0. The summed E-state index contributed by atoms with van der Waals surface area (Å²) >= 11 is 0. The summed E-state index contributed by atoms with van der Waals surface area (Å²) in [5, 5.41) is 0. The maximum atomic E-state index is 12.8. The van der Waals surface area contributed by atoms with Gasteiger partial charge in [0, 0.05) is 18.3 Å². The van der Waals surface area contributed by atoms with Crippen LogP contribution in [-0.2, 0) is 19.9 Å². The van der Waals surface area contributed by atoms with Crippen LogP contribution in [0.15, 0.2) is 28.0 Å². The molecule has 0 amide bonds. The first-order valence-electron chi connectivity index (χ1n) is 7.26. The summed E-state index contributed by atoms with van der Waals surface area (Å²) in [5.41, 5.74) is 5.09. The number of sulfonamides is 1. The number of hydrogen-bond donors (Lipinski definition) is 2. The Labute approximate surface area is 149 Å². The van der Waals surface area contributed by atoms with Crippen molar-refractivity contribution < 1.29 is 21.6 Å². The number of nitrogens with one attached hydrogen (secondary N) is 1. The van der Waals surface area contributed by atoms with Gasteiger partial charge >= 0.3 is 0 Å². The van der Waals surface area contributed by atoms with Crippen LogP contribution in [0.3, 0.4) is 0 Å². The van der Waals surface area contributed by atoms with Crippen LogP contribution in [0.25, 0.3) is 0 Å². The van der Waals surface area contributed by atoms with Gasteiger partial charge in [-0.2, -0.15) is 0 Å². The van der Waals surface area contributed by atoms with E-state index in [1.807, 2.05) is 0 Å². The molecule has 2 rings (SSSR count). The minimum absolute atomic E-state index is 0. The van der Waals surface area contributed by atoms with Crippen molar-refractivity contribution in [2.75, 3.05) is 19.9 Å². The van der Waals surface area contributed by atoms with E-state index in [1.165, 1.54) is 19.2 Å². The number of sulfone groups is 1. The van der Waals surface area contributed by atoms with Gasteiger partial charge in [0.05, 0.1) is 12.0 Å². The predicted octanol–water partition coefficient (Wildman–Crippen LogP) is 1.07. The van der Waals surface area contributed by atoms with Crippen molar-refractivity contribution in [3.05, 3.63) is 18.2 Å². The summed E-state index contributed by atoms with van der Waals surface area (Å²) in [6.07, 6.45) is 4.16. The minimum Gasteiger partial charge on any atom is -0.495 e. The molecule has 1 saturated carbocycles. The molecule has 0 bridgehead atoms. The van der Waals surface area contributed by atoms with Crippen LogP contribution in [0.2, 0.25) is 0 Å². The molecule has 1 aromatic carbocycles. The summed E-state index contributed by atoms with van der Waals surface area (Å²) in [4.78, 5) is -0.269. The van der Waals surface area contributed by atoms with E-state index in [-0.39, 0.29) is 34.5 Å². The molecule has 0 saturated heterocycles.